The van der Waals surface area contributed by atoms with Crippen LogP contribution in [0.25, 0.3) is 0 Å². The second-order valence-corrected chi connectivity index (χ2v) is 4.68. The molecule has 0 aliphatic rings. The van der Waals surface area contributed by atoms with Gasteiger partial charge in [0, 0.05) is 12.2 Å². The molecule has 0 unspecified atom stereocenters. The van der Waals surface area contributed by atoms with Gasteiger partial charge in [-0.3, -0.25) is 4.79 Å². The topological polar surface area (TPSA) is 29.5 Å². The molecule has 1 amide bonds. The average Bonchev–Trinajstić information content (AvgIpc) is 2.52. The van der Waals surface area contributed by atoms with E-state index in [0.29, 0.717) is 6.54 Å². The number of anilines is 1. The summed E-state index contributed by atoms with van der Waals surface area (Å²) in [5.41, 5.74) is 1.86. The molecule has 0 aliphatic carbocycles. The molecule has 0 N–H and O–H groups in total. The Labute approximate surface area is 125 Å². The Balaban J connectivity index is 2.06. The molecule has 0 heterocycles. The first-order chi connectivity index (χ1) is 10.2. The number of benzene rings is 2. The largest absolute Gasteiger partial charge is 0.483 e. The van der Waals surface area contributed by atoms with E-state index >= 15 is 0 Å². The second kappa shape index (κ2) is 7.29. The minimum Gasteiger partial charge on any atom is -0.483 e. The molecule has 0 spiro atoms. The lowest BCUT2D eigenvalue weighted by Gasteiger charge is -2.21. The van der Waals surface area contributed by atoms with Gasteiger partial charge in [0.2, 0.25) is 0 Å². The summed E-state index contributed by atoms with van der Waals surface area (Å²) in [7, 11) is 0. The number of hydrogen-bond acceptors (Lipinski definition) is 2. The maximum Gasteiger partial charge on any atom is 0.265 e. The van der Waals surface area contributed by atoms with Crippen molar-refractivity contribution in [2.45, 2.75) is 6.92 Å². The predicted molar refractivity (Wildman–Crippen MR) is 85.7 cm³/mol. The van der Waals surface area contributed by atoms with Gasteiger partial charge in [-0.2, -0.15) is 0 Å². The van der Waals surface area contributed by atoms with Crippen molar-refractivity contribution in [3.8, 4) is 5.75 Å². The number of carbonyl (C=O) groups is 1. The van der Waals surface area contributed by atoms with Crippen LogP contribution in [-0.4, -0.2) is 19.1 Å². The van der Waals surface area contributed by atoms with E-state index in [4.69, 9.17) is 4.74 Å². The molecular formula is C18H19NO2. The summed E-state index contributed by atoms with van der Waals surface area (Å²) in [6.45, 7) is 6.13. The molecule has 2 rings (SSSR count). The first kappa shape index (κ1) is 14.9. The number of carbonyl (C=O) groups excluding carboxylic acids is 1. The number of aryl methyl sites for hydroxylation is 1. The van der Waals surface area contributed by atoms with Gasteiger partial charge >= 0.3 is 0 Å². The fourth-order valence-electron chi connectivity index (χ4n) is 2.02. The molecule has 3 heteroatoms. The van der Waals surface area contributed by atoms with Gasteiger partial charge < -0.3 is 9.64 Å². The molecule has 108 valence electrons. The Kier molecular flexibility index (Phi) is 5.16. The summed E-state index contributed by atoms with van der Waals surface area (Å²) in [6.07, 6.45) is 1.71. The molecule has 0 saturated carbocycles. The Morgan fingerprint density at radius 3 is 2.48 bits per heavy atom. The van der Waals surface area contributed by atoms with Crippen molar-refractivity contribution in [3.05, 3.63) is 72.8 Å². The van der Waals surface area contributed by atoms with Crippen LogP contribution in [0.4, 0.5) is 5.69 Å². The highest BCUT2D eigenvalue weighted by Gasteiger charge is 2.15. The lowest BCUT2D eigenvalue weighted by atomic mass is 10.2. The highest BCUT2D eigenvalue weighted by Crippen LogP contribution is 2.17. The lowest BCUT2D eigenvalue weighted by Crippen LogP contribution is -2.35. The fourth-order valence-corrected chi connectivity index (χ4v) is 2.02. The summed E-state index contributed by atoms with van der Waals surface area (Å²) < 4.78 is 5.62. The van der Waals surface area contributed by atoms with Gasteiger partial charge in [0.1, 0.15) is 5.75 Å². The van der Waals surface area contributed by atoms with Crippen LogP contribution < -0.4 is 9.64 Å². The number of hydrogen-bond donors (Lipinski definition) is 0. The van der Waals surface area contributed by atoms with E-state index in [1.807, 2.05) is 61.5 Å². The maximum atomic E-state index is 12.4. The van der Waals surface area contributed by atoms with E-state index < -0.39 is 0 Å². The van der Waals surface area contributed by atoms with Gasteiger partial charge in [0.15, 0.2) is 6.61 Å². The van der Waals surface area contributed by atoms with Gasteiger partial charge in [0.25, 0.3) is 5.91 Å². The Bertz CT molecular complexity index is 608. The third-order valence-corrected chi connectivity index (χ3v) is 3.13. The molecule has 0 aromatic heterocycles. The normalized spacial score (nSPS) is 9.95. The minimum atomic E-state index is -0.0932. The zero-order chi connectivity index (χ0) is 15.1. The van der Waals surface area contributed by atoms with Crippen molar-refractivity contribution < 1.29 is 9.53 Å². The first-order valence-corrected chi connectivity index (χ1v) is 6.87. The van der Waals surface area contributed by atoms with Gasteiger partial charge in [-0.05, 0) is 30.7 Å². The number of amides is 1. The monoisotopic (exact) mass is 281 g/mol. The van der Waals surface area contributed by atoms with Crippen LogP contribution in [0, 0.1) is 6.92 Å². The fraction of sp³-hybridized carbons (Fsp3) is 0.167. The molecule has 0 fully saturated rings. The smallest absolute Gasteiger partial charge is 0.265 e. The zero-order valence-electron chi connectivity index (χ0n) is 12.2. The molecule has 2 aromatic carbocycles. The Morgan fingerprint density at radius 1 is 1.14 bits per heavy atom. The summed E-state index contributed by atoms with van der Waals surface area (Å²) in [6, 6.07) is 17.2. The average molecular weight is 281 g/mol. The van der Waals surface area contributed by atoms with Gasteiger partial charge in [0.05, 0.1) is 0 Å². The van der Waals surface area contributed by atoms with E-state index in [9.17, 15) is 4.79 Å². The molecule has 2 aromatic rings. The van der Waals surface area contributed by atoms with Crippen LogP contribution in [0.15, 0.2) is 67.3 Å². The summed E-state index contributed by atoms with van der Waals surface area (Å²) in [4.78, 5) is 14.0. The summed E-state index contributed by atoms with van der Waals surface area (Å²) in [5, 5.41) is 0. The van der Waals surface area contributed by atoms with Crippen molar-refractivity contribution in [3.63, 3.8) is 0 Å². The first-order valence-electron chi connectivity index (χ1n) is 6.87. The van der Waals surface area contributed by atoms with Crippen molar-refractivity contribution in [2.75, 3.05) is 18.1 Å². The molecule has 0 atom stereocenters. The number of ether oxygens (including phenoxy) is 1. The standard InChI is InChI=1S/C18H19NO2/c1-3-13-19(16-10-5-4-6-11-16)18(20)14-21-17-12-8-7-9-15(17)2/h3-12H,1,13-14H2,2H3. The van der Waals surface area contributed by atoms with E-state index in [0.717, 1.165) is 17.0 Å². The van der Waals surface area contributed by atoms with Crippen LogP contribution in [0.1, 0.15) is 5.56 Å². The lowest BCUT2D eigenvalue weighted by molar-refractivity contribution is -0.120. The number of para-hydroxylation sites is 2. The van der Waals surface area contributed by atoms with Crippen molar-refractivity contribution in [1.29, 1.82) is 0 Å². The molecule has 0 radical (unpaired) electrons. The SMILES string of the molecule is C=CCN(C(=O)COc1ccccc1C)c1ccccc1. The molecule has 0 saturated heterocycles. The zero-order valence-corrected chi connectivity index (χ0v) is 12.2. The van der Waals surface area contributed by atoms with E-state index in [2.05, 4.69) is 6.58 Å². The maximum absolute atomic E-state index is 12.4. The van der Waals surface area contributed by atoms with E-state index in [1.54, 1.807) is 11.0 Å². The number of nitrogens with zero attached hydrogens (tertiary/aromatic N) is 1. The van der Waals surface area contributed by atoms with Crippen LogP contribution >= 0.6 is 0 Å². The third-order valence-electron chi connectivity index (χ3n) is 3.13. The predicted octanol–water partition coefficient (Wildman–Crippen LogP) is 3.59. The summed E-state index contributed by atoms with van der Waals surface area (Å²) >= 11 is 0. The van der Waals surface area contributed by atoms with E-state index in [1.165, 1.54) is 0 Å². The second-order valence-electron chi connectivity index (χ2n) is 4.68. The quantitative estimate of drug-likeness (QED) is 0.757. The Hall–Kier alpha value is -2.55. The van der Waals surface area contributed by atoms with E-state index in [-0.39, 0.29) is 12.5 Å². The van der Waals surface area contributed by atoms with Gasteiger partial charge in [-0.1, -0.05) is 42.5 Å². The minimum absolute atomic E-state index is 0.00753. The van der Waals surface area contributed by atoms with Crippen LogP contribution in [0.3, 0.4) is 0 Å². The van der Waals surface area contributed by atoms with Crippen molar-refractivity contribution >= 4 is 11.6 Å². The van der Waals surface area contributed by atoms with Gasteiger partial charge in [-0.25, -0.2) is 0 Å². The van der Waals surface area contributed by atoms with Gasteiger partial charge in [-0.15, -0.1) is 6.58 Å². The Morgan fingerprint density at radius 2 is 1.81 bits per heavy atom. The molecule has 21 heavy (non-hydrogen) atoms. The highest BCUT2D eigenvalue weighted by molar-refractivity contribution is 5.94. The molecular weight excluding hydrogens is 262 g/mol. The summed E-state index contributed by atoms with van der Waals surface area (Å²) in [5.74, 6) is 0.641. The third kappa shape index (κ3) is 3.96. The van der Waals surface area contributed by atoms with Crippen LogP contribution in [-0.2, 0) is 4.79 Å². The van der Waals surface area contributed by atoms with Crippen LogP contribution in [0.2, 0.25) is 0 Å². The van der Waals surface area contributed by atoms with Crippen molar-refractivity contribution in [1.82, 2.24) is 0 Å². The molecule has 0 aliphatic heterocycles. The van der Waals surface area contributed by atoms with Crippen molar-refractivity contribution in [2.24, 2.45) is 0 Å². The highest BCUT2D eigenvalue weighted by atomic mass is 16.5. The molecule has 0 bridgehead atoms. The molecule has 3 nitrogen and oxygen atoms in total. The number of rotatable bonds is 6. The van der Waals surface area contributed by atoms with Crippen LogP contribution in [0.5, 0.6) is 5.75 Å².